The van der Waals surface area contributed by atoms with Gasteiger partial charge in [-0.3, -0.25) is 4.79 Å². The summed E-state index contributed by atoms with van der Waals surface area (Å²) in [5.41, 5.74) is 0. The van der Waals surface area contributed by atoms with Crippen molar-refractivity contribution in [2.75, 3.05) is 6.61 Å². The van der Waals surface area contributed by atoms with Gasteiger partial charge in [0.05, 0.1) is 12.5 Å². The van der Waals surface area contributed by atoms with E-state index in [1.807, 2.05) is 0 Å². The number of ether oxygens (including phenoxy) is 1. The number of carbonyl (C=O) groups excluding carboxylic acids is 1. The van der Waals surface area contributed by atoms with Crippen LogP contribution in [0, 0.1) is 0 Å². The van der Waals surface area contributed by atoms with Crippen LogP contribution in [-0.4, -0.2) is 23.8 Å². The van der Waals surface area contributed by atoms with E-state index in [0.29, 0.717) is 0 Å². The largest absolute Gasteiger partial charge is 0.463 e. The fourth-order valence-corrected chi connectivity index (χ4v) is 0.499. The van der Waals surface area contributed by atoms with E-state index in [1.165, 1.54) is 0 Å². The molecule has 1 fully saturated rings. The molecule has 5 heteroatoms. The van der Waals surface area contributed by atoms with Gasteiger partial charge in [-0.2, -0.15) is 0 Å². The minimum Gasteiger partial charge on any atom is -0.463 e. The van der Waals surface area contributed by atoms with Crippen molar-refractivity contribution in [3.63, 3.8) is 0 Å². The summed E-state index contributed by atoms with van der Waals surface area (Å²) in [5, 5.41) is 8.55. The molecule has 1 aliphatic heterocycles. The fraction of sp³-hybridized carbons (Fsp3) is 0.750. The minimum absolute atomic E-state index is 0.167. The second-order valence-corrected chi connectivity index (χ2v) is 1.54. The topological polar surface area (TPSA) is 46.5 Å². The lowest BCUT2D eigenvalue weighted by Gasteiger charge is -1.87. The first-order chi connectivity index (χ1) is 4.29. The summed E-state index contributed by atoms with van der Waals surface area (Å²) in [5.74, 6) is -0.299. The van der Waals surface area contributed by atoms with Crippen molar-refractivity contribution < 1.29 is 14.6 Å². The van der Waals surface area contributed by atoms with Gasteiger partial charge in [0.25, 0.3) is 0 Å². The Labute approximate surface area is 76.5 Å². The number of aliphatic hydroxyl groups is 1. The average Bonchev–Trinajstić information content (AvgIpc) is 2.20. The molecule has 0 spiro atoms. The summed E-state index contributed by atoms with van der Waals surface area (Å²) >= 11 is 4.24. The Morgan fingerprint density at radius 3 is 2.33 bits per heavy atom. The highest BCUT2D eigenvalue weighted by atomic mass is 128. The lowest BCUT2D eigenvalue weighted by atomic mass is 10.3. The highest BCUT2D eigenvalue weighted by Gasteiger charge is 2.20. The summed E-state index contributed by atoms with van der Waals surface area (Å²) in [6.45, 7) is 0.179. The molecule has 0 aromatic rings. The monoisotopic (exact) mass is 356 g/mol. The Morgan fingerprint density at radius 2 is 2.22 bits per heavy atom. The van der Waals surface area contributed by atoms with Gasteiger partial charge in [-0.05, 0) is 0 Å². The molecule has 9 heavy (non-hydrogen) atoms. The smallest absolute Gasteiger partial charge is 0.308 e. The Balaban J connectivity index is 0.000000291. The van der Waals surface area contributed by atoms with E-state index in [9.17, 15) is 4.79 Å². The third-order valence-electron chi connectivity index (χ3n) is 0.839. The van der Waals surface area contributed by atoms with Crippen LogP contribution in [0.3, 0.4) is 0 Å². The van der Waals surface area contributed by atoms with E-state index in [1.54, 1.807) is 0 Å². The molecule has 0 bridgehead atoms. The molecule has 0 radical (unpaired) electrons. The Bertz CT molecular complexity index is 95.8. The molecule has 1 heterocycles. The van der Waals surface area contributed by atoms with Gasteiger partial charge in [-0.15, -0.1) is 0 Å². The first-order valence-corrected chi connectivity index (χ1v) is 8.55. The Hall–Kier alpha value is 0.890. The highest BCUT2D eigenvalue weighted by molar-refractivity contribution is 15.0. The standard InChI is InChI=1S/C4H6O3.I2/c5-3-1-4(6)7-2-3;1-2/h3,5H,1-2H2;. The second-order valence-electron chi connectivity index (χ2n) is 1.54. The van der Waals surface area contributed by atoms with Gasteiger partial charge in [0.1, 0.15) is 6.61 Å². The summed E-state index contributed by atoms with van der Waals surface area (Å²) in [6.07, 6.45) is -0.382. The number of halogens is 2. The van der Waals surface area contributed by atoms with Crippen LogP contribution in [0.5, 0.6) is 0 Å². The molecule has 54 valence electrons. The maximum Gasteiger partial charge on any atom is 0.308 e. The molecular weight excluding hydrogens is 350 g/mol. The van der Waals surface area contributed by atoms with Gasteiger partial charge in [-0.25, -0.2) is 0 Å². The fourth-order valence-electron chi connectivity index (χ4n) is 0.499. The SMILES string of the molecule is II.O=C1CC(O)CO1. The summed E-state index contributed by atoms with van der Waals surface area (Å²) < 4.78 is 4.38. The van der Waals surface area contributed by atoms with Gasteiger partial charge >= 0.3 is 5.97 Å². The van der Waals surface area contributed by atoms with Gasteiger partial charge in [0.2, 0.25) is 0 Å². The van der Waals surface area contributed by atoms with Crippen molar-refractivity contribution in [3.05, 3.63) is 0 Å². The van der Waals surface area contributed by atoms with Crippen LogP contribution in [0.1, 0.15) is 6.42 Å². The predicted molar refractivity (Wildman–Crippen MR) is 49.6 cm³/mol. The van der Waals surface area contributed by atoms with Crippen LogP contribution in [0.15, 0.2) is 0 Å². The van der Waals surface area contributed by atoms with Crippen molar-refractivity contribution >= 4 is 43.2 Å². The van der Waals surface area contributed by atoms with E-state index in [-0.39, 0.29) is 19.0 Å². The number of hydrogen-bond acceptors (Lipinski definition) is 3. The van der Waals surface area contributed by atoms with Crippen LogP contribution in [-0.2, 0) is 9.53 Å². The van der Waals surface area contributed by atoms with Gasteiger partial charge in [0, 0.05) is 37.2 Å². The van der Waals surface area contributed by atoms with E-state index in [4.69, 9.17) is 5.11 Å². The van der Waals surface area contributed by atoms with Crippen molar-refractivity contribution in [1.82, 2.24) is 0 Å². The molecule has 0 saturated carbocycles. The van der Waals surface area contributed by atoms with E-state index >= 15 is 0 Å². The number of aliphatic hydroxyl groups excluding tert-OH is 1. The lowest BCUT2D eigenvalue weighted by molar-refractivity contribution is -0.137. The van der Waals surface area contributed by atoms with Crippen LogP contribution in [0.25, 0.3) is 0 Å². The zero-order valence-electron chi connectivity index (χ0n) is 4.51. The van der Waals surface area contributed by atoms with Crippen molar-refractivity contribution in [2.24, 2.45) is 0 Å². The zero-order valence-corrected chi connectivity index (χ0v) is 8.83. The predicted octanol–water partition coefficient (Wildman–Crippen LogP) is 1.07. The zero-order chi connectivity index (χ0) is 7.28. The van der Waals surface area contributed by atoms with E-state index in [2.05, 4.69) is 42.0 Å². The van der Waals surface area contributed by atoms with E-state index < -0.39 is 6.10 Å². The number of rotatable bonds is 0. The maximum absolute atomic E-state index is 10.1. The molecule has 1 saturated heterocycles. The third kappa shape index (κ3) is 4.31. The van der Waals surface area contributed by atoms with Gasteiger partial charge in [-0.1, -0.05) is 0 Å². The van der Waals surface area contributed by atoms with Crippen LogP contribution in [0.4, 0.5) is 0 Å². The number of carbonyl (C=O) groups is 1. The van der Waals surface area contributed by atoms with Crippen molar-refractivity contribution in [3.8, 4) is 0 Å². The van der Waals surface area contributed by atoms with E-state index in [0.717, 1.165) is 0 Å². The molecule has 0 aromatic carbocycles. The first kappa shape index (κ1) is 9.89. The summed E-state index contributed by atoms with van der Waals surface area (Å²) in [6, 6.07) is 0. The molecule has 0 amide bonds. The van der Waals surface area contributed by atoms with Gasteiger partial charge < -0.3 is 9.84 Å². The Morgan fingerprint density at radius 1 is 1.67 bits per heavy atom. The summed E-state index contributed by atoms with van der Waals surface area (Å²) in [7, 11) is 0. The van der Waals surface area contributed by atoms with Crippen molar-refractivity contribution in [1.29, 1.82) is 0 Å². The van der Waals surface area contributed by atoms with Gasteiger partial charge in [0.15, 0.2) is 0 Å². The first-order valence-electron chi connectivity index (χ1n) is 2.27. The van der Waals surface area contributed by atoms with Crippen molar-refractivity contribution in [2.45, 2.75) is 12.5 Å². The van der Waals surface area contributed by atoms with Crippen LogP contribution < -0.4 is 0 Å². The summed E-state index contributed by atoms with van der Waals surface area (Å²) in [4.78, 5) is 10.1. The average molecular weight is 356 g/mol. The van der Waals surface area contributed by atoms with Crippen LogP contribution >= 0.6 is 37.2 Å². The minimum atomic E-state index is -0.549. The molecule has 1 unspecified atom stereocenters. The molecule has 1 N–H and O–H groups in total. The molecule has 3 nitrogen and oxygen atoms in total. The molecule has 1 atom stereocenters. The van der Waals surface area contributed by atoms with Crippen LogP contribution in [0.2, 0.25) is 0 Å². The molecule has 0 aromatic heterocycles. The third-order valence-corrected chi connectivity index (χ3v) is 0.839. The number of cyclic esters (lactones) is 1. The number of hydrogen-bond donors (Lipinski definition) is 1. The second kappa shape index (κ2) is 5.66. The quantitative estimate of drug-likeness (QED) is 0.522. The normalized spacial score (nSPS) is 24.3. The highest BCUT2D eigenvalue weighted by Crippen LogP contribution is 2.03. The molecule has 1 aliphatic rings. The Kier molecular flexibility index (Phi) is 6.22. The number of esters is 1. The molecule has 1 rings (SSSR count). The molecule has 0 aliphatic carbocycles. The molecular formula is C4H6I2O3. The lowest BCUT2D eigenvalue weighted by Crippen LogP contribution is -2.02. The maximum atomic E-state index is 10.1.